The van der Waals surface area contributed by atoms with E-state index in [2.05, 4.69) is 26.7 Å². The fourth-order valence-electron chi connectivity index (χ4n) is 2.52. The van der Waals surface area contributed by atoms with Gasteiger partial charge in [0.05, 0.1) is 5.69 Å². The summed E-state index contributed by atoms with van der Waals surface area (Å²) in [5.41, 5.74) is 2.09. The van der Waals surface area contributed by atoms with Gasteiger partial charge in [0.1, 0.15) is 12.3 Å². The molecule has 0 aliphatic carbocycles. The minimum atomic E-state index is 0.300. The fourth-order valence-corrected chi connectivity index (χ4v) is 2.52. The lowest BCUT2D eigenvalue weighted by Gasteiger charge is -2.11. The number of guanidine groups is 1. The number of aliphatic imine (C=N–C) groups is 1. The number of ether oxygens (including phenoxy) is 2. The van der Waals surface area contributed by atoms with Crippen molar-refractivity contribution < 1.29 is 13.9 Å². The van der Waals surface area contributed by atoms with Crippen molar-refractivity contribution in [2.45, 2.75) is 33.7 Å². The van der Waals surface area contributed by atoms with Crippen LogP contribution in [0.3, 0.4) is 0 Å². The predicted molar refractivity (Wildman–Crippen MR) is 95.1 cm³/mol. The van der Waals surface area contributed by atoms with Crippen LogP contribution in [0.5, 0.6) is 11.5 Å². The van der Waals surface area contributed by atoms with Crippen molar-refractivity contribution in [2.24, 2.45) is 4.99 Å². The molecule has 2 heterocycles. The largest absolute Gasteiger partial charge is 0.454 e. The number of rotatable bonds is 6. The molecule has 0 saturated heterocycles. The smallest absolute Gasteiger partial charge is 0.231 e. The summed E-state index contributed by atoms with van der Waals surface area (Å²) in [6, 6.07) is 6.02. The number of fused-ring (bicyclic) bond motifs is 1. The van der Waals surface area contributed by atoms with Crippen LogP contribution in [0.1, 0.15) is 29.8 Å². The van der Waals surface area contributed by atoms with E-state index in [9.17, 15) is 0 Å². The number of oxazole rings is 1. The van der Waals surface area contributed by atoms with Crippen LogP contribution < -0.4 is 20.1 Å². The molecule has 1 aliphatic heterocycles. The summed E-state index contributed by atoms with van der Waals surface area (Å²) in [4.78, 5) is 8.87. The van der Waals surface area contributed by atoms with E-state index < -0.39 is 0 Å². The van der Waals surface area contributed by atoms with Crippen LogP contribution in [-0.4, -0.2) is 30.8 Å². The predicted octanol–water partition coefficient (Wildman–Crippen LogP) is 2.32. The van der Waals surface area contributed by atoms with Gasteiger partial charge in [-0.1, -0.05) is 6.07 Å². The molecular weight excluding hydrogens is 320 g/mol. The van der Waals surface area contributed by atoms with E-state index in [1.165, 1.54) is 5.56 Å². The van der Waals surface area contributed by atoms with Crippen molar-refractivity contribution in [3.05, 3.63) is 41.1 Å². The Balaban J connectivity index is 1.53. The molecule has 1 aromatic carbocycles. The van der Waals surface area contributed by atoms with Crippen molar-refractivity contribution >= 4 is 5.96 Å². The maximum absolute atomic E-state index is 5.56. The lowest BCUT2D eigenvalue weighted by atomic mass is 10.1. The quantitative estimate of drug-likeness (QED) is 0.618. The Hall–Kier alpha value is -2.70. The maximum atomic E-state index is 5.56. The van der Waals surface area contributed by atoms with E-state index in [1.807, 2.05) is 32.9 Å². The first-order chi connectivity index (χ1) is 12.2. The second kappa shape index (κ2) is 7.92. The van der Waals surface area contributed by atoms with Crippen LogP contribution >= 0.6 is 0 Å². The zero-order valence-electron chi connectivity index (χ0n) is 14.9. The third kappa shape index (κ3) is 4.43. The van der Waals surface area contributed by atoms with Crippen LogP contribution in [0.25, 0.3) is 0 Å². The third-order valence-electron chi connectivity index (χ3n) is 3.93. The molecule has 7 nitrogen and oxygen atoms in total. The lowest BCUT2D eigenvalue weighted by molar-refractivity contribution is 0.174. The van der Waals surface area contributed by atoms with Gasteiger partial charge in [0.2, 0.25) is 12.7 Å². The van der Waals surface area contributed by atoms with Crippen LogP contribution in [0.2, 0.25) is 0 Å². The standard InChI is InChI=1S/C18H24N4O3/c1-4-19-18(21-10-17-22-12(2)13(3)25-17)20-8-7-14-5-6-15-16(9-14)24-11-23-15/h5-6,9H,4,7-8,10-11H2,1-3H3,(H2,19,20,21). The average molecular weight is 344 g/mol. The number of benzene rings is 1. The first-order valence-corrected chi connectivity index (χ1v) is 8.49. The molecule has 0 unspecified atom stereocenters. The molecule has 0 bridgehead atoms. The Morgan fingerprint density at radius 3 is 2.80 bits per heavy atom. The summed E-state index contributed by atoms with van der Waals surface area (Å²) in [5.74, 6) is 3.83. The van der Waals surface area contributed by atoms with E-state index in [-0.39, 0.29) is 0 Å². The second-order valence-corrected chi connectivity index (χ2v) is 5.81. The van der Waals surface area contributed by atoms with Crippen molar-refractivity contribution in [2.75, 3.05) is 19.9 Å². The van der Waals surface area contributed by atoms with Gasteiger partial charge in [-0.2, -0.15) is 0 Å². The Morgan fingerprint density at radius 2 is 2.04 bits per heavy atom. The first kappa shape index (κ1) is 17.1. The topological polar surface area (TPSA) is 80.9 Å². The highest BCUT2D eigenvalue weighted by molar-refractivity contribution is 5.79. The second-order valence-electron chi connectivity index (χ2n) is 5.81. The van der Waals surface area contributed by atoms with Crippen LogP contribution in [0.4, 0.5) is 0 Å². The highest BCUT2D eigenvalue weighted by Gasteiger charge is 2.13. The molecule has 1 aliphatic rings. The number of hydrogen-bond donors (Lipinski definition) is 2. The highest BCUT2D eigenvalue weighted by Crippen LogP contribution is 2.32. The van der Waals surface area contributed by atoms with Gasteiger partial charge in [0.15, 0.2) is 17.5 Å². The molecule has 0 radical (unpaired) electrons. The zero-order chi connectivity index (χ0) is 17.6. The van der Waals surface area contributed by atoms with Gasteiger partial charge in [-0.05, 0) is 44.9 Å². The van der Waals surface area contributed by atoms with Gasteiger partial charge in [-0.3, -0.25) is 0 Å². The monoisotopic (exact) mass is 344 g/mol. The van der Waals surface area contributed by atoms with E-state index in [0.29, 0.717) is 19.2 Å². The van der Waals surface area contributed by atoms with Crippen molar-refractivity contribution in [1.29, 1.82) is 0 Å². The average Bonchev–Trinajstić information content (AvgIpc) is 3.19. The summed E-state index contributed by atoms with van der Waals surface area (Å²) < 4.78 is 16.3. The summed E-state index contributed by atoms with van der Waals surface area (Å²) in [6.07, 6.45) is 0.859. The van der Waals surface area contributed by atoms with Gasteiger partial charge in [-0.25, -0.2) is 9.98 Å². The van der Waals surface area contributed by atoms with Crippen LogP contribution in [0, 0.1) is 13.8 Å². The van der Waals surface area contributed by atoms with E-state index in [0.717, 1.165) is 48.4 Å². The minimum Gasteiger partial charge on any atom is -0.454 e. The molecule has 0 amide bonds. The molecular formula is C18H24N4O3. The van der Waals surface area contributed by atoms with E-state index >= 15 is 0 Å². The summed E-state index contributed by atoms with van der Waals surface area (Å²) in [7, 11) is 0. The summed E-state index contributed by atoms with van der Waals surface area (Å²) in [5, 5.41) is 6.55. The molecule has 3 rings (SSSR count). The molecule has 0 atom stereocenters. The van der Waals surface area contributed by atoms with Crippen molar-refractivity contribution in [1.82, 2.24) is 15.6 Å². The van der Waals surface area contributed by atoms with Crippen LogP contribution in [-0.2, 0) is 13.0 Å². The Kier molecular flexibility index (Phi) is 5.42. The Bertz CT molecular complexity index is 735. The maximum Gasteiger partial charge on any atom is 0.231 e. The molecule has 7 heteroatoms. The fraction of sp³-hybridized carbons (Fsp3) is 0.444. The number of nitrogens with zero attached hydrogens (tertiary/aromatic N) is 2. The summed E-state index contributed by atoms with van der Waals surface area (Å²) >= 11 is 0. The Morgan fingerprint density at radius 1 is 1.20 bits per heavy atom. The molecule has 2 aromatic rings. The normalized spacial score (nSPS) is 13.2. The molecule has 2 N–H and O–H groups in total. The summed E-state index contributed by atoms with van der Waals surface area (Å²) in [6.45, 7) is 8.14. The van der Waals surface area contributed by atoms with Gasteiger partial charge in [0, 0.05) is 13.1 Å². The Labute approximate surface area is 147 Å². The number of hydrogen-bond acceptors (Lipinski definition) is 5. The molecule has 0 saturated carbocycles. The van der Waals surface area contributed by atoms with Crippen LogP contribution in [0.15, 0.2) is 27.6 Å². The van der Waals surface area contributed by atoms with Gasteiger partial charge in [-0.15, -0.1) is 0 Å². The molecule has 0 fully saturated rings. The molecule has 0 spiro atoms. The van der Waals surface area contributed by atoms with Gasteiger partial charge < -0.3 is 24.5 Å². The molecule has 1 aromatic heterocycles. The van der Waals surface area contributed by atoms with Gasteiger partial charge in [0.25, 0.3) is 0 Å². The third-order valence-corrected chi connectivity index (χ3v) is 3.93. The number of aromatic nitrogens is 1. The van der Waals surface area contributed by atoms with Crippen molar-refractivity contribution in [3.63, 3.8) is 0 Å². The minimum absolute atomic E-state index is 0.300. The molecule has 25 heavy (non-hydrogen) atoms. The van der Waals surface area contributed by atoms with Crippen molar-refractivity contribution in [3.8, 4) is 11.5 Å². The SMILES string of the molecule is CCNC(=NCc1nc(C)c(C)o1)NCCc1ccc2c(c1)OCO2. The number of aryl methyl sites for hydroxylation is 2. The van der Waals surface area contributed by atoms with Gasteiger partial charge >= 0.3 is 0 Å². The number of nitrogens with one attached hydrogen (secondary N) is 2. The highest BCUT2D eigenvalue weighted by atomic mass is 16.7. The molecule has 134 valence electrons. The lowest BCUT2D eigenvalue weighted by Crippen LogP contribution is -2.38. The zero-order valence-corrected chi connectivity index (χ0v) is 14.9. The first-order valence-electron chi connectivity index (χ1n) is 8.49. The van der Waals surface area contributed by atoms with E-state index in [1.54, 1.807) is 0 Å². The van der Waals surface area contributed by atoms with E-state index in [4.69, 9.17) is 13.9 Å².